The largest absolute Gasteiger partial charge is 0.466 e. The topological polar surface area (TPSA) is 44.8 Å². The second kappa shape index (κ2) is 7.50. The first-order valence-electron chi connectivity index (χ1n) is 3.71. The molecular formula is C7H14O4. The second-order valence-corrected chi connectivity index (χ2v) is 1.78. The predicted molar refractivity (Wildman–Crippen MR) is 38.8 cm³/mol. The molecule has 0 saturated carbocycles. The van der Waals surface area contributed by atoms with Crippen LogP contribution in [0, 0.1) is 0 Å². The molecule has 0 aliphatic rings. The van der Waals surface area contributed by atoms with E-state index in [0.717, 1.165) is 0 Å². The van der Waals surface area contributed by atoms with Crippen LogP contribution >= 0.6 is 0 Å². The number of rotatable bonds is 6. The molecule has 0 aromatic carbocycles. The highest BCUT2D eigenvalue weighted by Gasteiger charge is 2.00. The summed E-state index contributed by atoms with van der Waals surface area (Å²) in [7, 11) is 0. The molecule has 0 N–H and O–H groups in total. The normalized spacial score (nSPS) is 9.64. The lowest BCUT2D eigenvalue weighted by atomic mass is 10.5. The summed E-state index contributed by atoms with van der Waals surface area (Å²) in [5, 5.41) is 0. The van der Waals surface area contributed by atoms with E-state index >= 15 is 0 Å². The number of carbonyl (C=O) groups excluding carboxylic acids is 1. The minimum atomic E-state index is -0.257. The van der Waals surface area contributed by atoms with Gasteiger partial charge >= 0.3 is 5.97 Å². The van der Waals surface area contributed by atoms with Gasteiger partial charge in [0.2, 0.25) is 0 Å². The van der Waals surface area contributed by atoms with Crippen LogP contribution in [0.15, 0.2) is 0 Å². The average molecular weight is 162 g/mol. The first-order valence-corrected chi connectivity index (χ1v) is 3.71. The molecule has 0 aliphatic carbocycles. The summed E-state index contributed by atoms with van der Waals surface area (Å²) < 4.78 is 4.65. The zero-order chi connectivity index (χ0) is 8.53. The third-order valence-corrected chi connectivity index (χ3v) is 0.896. The van der Waals surface area contributed by atoms with Crippen LogP contribution < -0.4 is 0 Å². The summed E-state index contributed by atoms with van der Waals surface area (Å²) in [6.45, 7) is 4.73. The molecule has 0 unspecified atom stereocenters. The van der Waals surface area contributed by atoms with Crippen LogP contribution in [0.5, 0.6) is 0 Å². The Morgan fingerprint density at radius 3 is 2.45 bits per heavy atom. The van der Waals surface area contributed by atoms with Crippen LogP contribution in [0.2, 0.25) is 0 Å². The van der Waals surface area contributed by atoms with Gasteiger partial charge in [0, 0.05) is 0 Å². The van der Waals surface area contributed by atoms with Crippen molar-refractivity contribution in [3.05, 3.63) is 0 Å². The first-order chi connectivity index (χ1) is 5.31. The summed E-state index contributed by atoms with van der Waals surface area (Å²) in [5.74, 6) is -0.257. The fraction of sp³-hybridized carbons (Fsp3) is 0.857. The van der Waals surface area contributed by atoms with Crippen LogP contribution in [0.1, 0.15) is 20.3 Å². The minimum absolute atomic E-state index is 0.244. The molecule has 11 heavy (non-hydrogen) atoms. The molecule has 0 rings (SSSR count). The van der Waals surface area contributed by atoms with Crippen molar-refractivity contribution in [2.45, 2.75) is 20.3 Å². The third kappa shape index (κ3) is 7.29. The molecule has 66 valence electrons. The van der Waals surface area contributed by atoms with Gasteiger partial charge in [-0.25, -0.2) is 9.78 Å². The van der Waals surface area contributed by atoms with Crippen molar-refractivity contribution < 1.29 is 19.3 Å². The van der Waals surface area contributed by atoms with E-state index in [9.17, 15) is 4.79 Å². The van der Waals surface area contributed by atoms with Gasteiger partial charge in [-0.1, -0.05) is 0 Å². The summed E-state index contributed by atoms with van der Waals surface area (Å²) in [6.07, 6.45) is 0.244. The van der Waals surface area contributed by atoms with E-state index in [1.807, 2.05) is 6.92 Å². The van der Waals surface area contributed by atoms with Crippen molar-refractivity contribution in [1.29, 1.82) is 0 Å². The molecule has 0 spiro atoms. The van der Waals surface area contributed by atoms with Crippen molar-refractivity contribution >= 4 is 5.97 Å². The monoisotopic (exact) mass is 162 g/mol. The molecule has 0 saturated heterocycles. The lowest BCUT2D eigenvalue weighted by molar-refractivity contribution is -0.291. The molecule has 0 aromatic heterocycles. The Morgan fingerprint density at radius 2 is 1.91 bits per heavy atom. The van der Waals surface area contributed by atoms with Crippen molar-refractivity contribution in [1.82, 2.24) is 0 Å². The maximum Gasteiger partial charge on any atom is 0.308 e. The van der Waals surface area contributed by atoms with Crippen LogP contribution in [0.25, 0.3) is 0 Å². The molecule has 0 bridgehead atoms. The summed E-state index contributed by atoms with van der Waals surface area (Å²) in [5.41, 5.74) is 0. The van der Waals surface area contributed by atoms with Crippen molar-refractivity contribution in [2.75, 3.05) is 19.8 Å². The maximum absolute atomic E-state index is 10.6. The molecule has 0 amide bonds. The van der Waals surface area contributed by atoms with E-state index in [-0.39, 0.29) is 19.0 Å². The zero-order valence-corrected chi connectivity index (χ0v) is 6.96. The van der Waals surface area contributed by atoms with Gasteiger partial charge in [-0.2, -0.15) is 0 Å². The highest BCUT2D eigenvalue weighted by Crippen LogP contribution is 1.88. The highest BCUT2D eigenvalue weighted by atomic mass is 17.2. The Hall–Kier alpha value is -0.610. The third-order valence-electron chi connectivity index (χ3n) is 0.896. The Bertz CT molecular complexity index is 103. The predicted octanol–water partition coefficient (Wildman–Crippen LogP) is 0.908. The molecule has 4 heteroatoms. The Kier molecular flexibility index (Phi) is 7.08. The van der Waals surface area contributed by atoms with Gasteiger partial charge in [0.25, 0.3) is 0 Å². The minimum Gasteiger partial charge on any atom is -0.466 e. The van der Waals surface area contributed by atoms with E-state index < -0.39 is 0 Å². The van der Waals surface area contributed by atoms with Gasteiger partial charge in [-0.15, -0.1) is 0 Å². The second-order valence-electron chi connectivity index (χ2n) is 1.78. The lowest BCUT2D eigenvalue weighted by Gasteiger charge is -2.01. The number of ether oxygens (including phenoxy) is 1. The summed E-state index contributed by atoms with van der Waals surface area (Å²) in [6, 6.07) is 0. The van der Waals surface area contributed by atoms with Gasteiger partial charge < -0.3 is 4.74 Å². The van der Waals surface area contributed by atoms with Crippen molar-refractivity contribution in [3.8, 4) is 0 Å². The fourth-order valence-corrected chi connectivity index (χ4v) is 0.500. The maximum atomic E-state index is 10.6. The Morgan fingerprint density at radius 1 is 1.18 bits per heavy atom. The van der Waals surface area contributed by atoms with E-state index in [1.165, 1.54) is 0 Å². The van der Waals surface area contributed by atoms with Crippen LogP contribution in [-0.4, -0.2) is 25.8 Å². The molecule has 0 heterocycles. The van der Waals surface area contributed by atoms with Crippen molar-refractivity contribution in [3.63, 3.8) is 0 Å². The molecule has 0 aliphatic heterocycles. The molecular weight excluding hydrogens is 148 g/mol. The number of hydrogen-bond acceptors (Lipinski definition) is 4. The molecule has 4 nitrogen and oxygen atoms in total. The van der Waals surface area contributed by atoms with Crippen LogP contribution in [0.3, 0.4) is 0 Å². The van der Waals surface area contributed by atoms with Gasteiger partial charge in [-0.05, 0) is 13.8 Å². The Labute approximate surface area is 66.4 Å². The summed E-state index contributed by atoms with van der Waals surface area (Å²) in [4.78, 5) is 19.8. The number of hydrogen-bond donors (Lipinski definition) is 0. The highest BCUT2D eigenvalue weighted by molar-refractivity contribution is 5.69. The van der Waals surface area contributed by atoms with Crippen LogP contribution in [-0.2, 0) is 19.3 Å². The fourth-order valence-electron chi connectivity index (χ4n) is 0.500. The van der Waals surface area contributed by atoms with Gasteiger partial charge in [0.1, 0.15) is 0 Å². The number of carbonyl (C=O) groups is 1. The van der Waals surface area contributed by atoms with E-state index in [4.69, 9.17) is 0 Å². The summed E-state index contributed by atoms with van der Waals surface area (Å²) >= 11 is 0. The van der Waals surface area contributed by atoms with Gasteiger partial charge in [0.15, 0.2) is 0 Å². The lowest BCUT2D eigenvalue weighted by Crippen LogP contribution is -2.08. The van der Waals surface area contributed by atoms with E-state index in [0.29, 0.717) is 13.2 Å². The van der Waals surface area contributed by atoms with Gasteiger partial charge in [-0.3, -0.25) is 4.79 Å². The number of esters is 1. The van der Waals surface area contributed by atoms with Gasteiger partial charge in [0.05, 0.1) is 26.2 Å². The van der Waals surface area contributed by atoms with Crippen molar-refractivity contribution in [2.24, 2.45) is 0 Å². The molecule has 0 atom stereocenters. The smallest absolute Gasteiger partial charge is 0.308 e. The van der Waals surface area contributed by atoms with E-state index in [2.05, 4.69) is 14.5 Å². The first kappa shape index (κ1) is 10.4. The Balaban J connectivity index is 3.04. The van der Waals surface area contributed by atoms with Crippen LogP contribution in [0.4, 0.5) is 0 Å². The SMILES string of the molecule is CCOOCCC(=O)OCC. The molecule has 0 aromatic rings. The molecule has 0 radical (unpaired) electrons. The average Bonchev–Trinajstić information content (AvgIpc) is 1.99. The molecule has 0 fully saturated rings. The van der Waals surface area contributed by atoms with E-state index in [1.54, 1.807) is 6.92 Å². The quantitative estimate of drug-likeness (QED) is 0.252. The zero-order valence-electron chi connectivity index (χ0n) is 6.96. The standard InChI is InChI=1S/C7H14O4/c1-3-9-7(8)5-6-11-10-4-2/h3-6H2,1-2H3.